The topological polar surface area (TPSA) is 74.2 Å². The lowest BCUT2D eigenvalue weighted by Crippen LogP contribution is -2.24. The van der Waals surface area contributed by atoms with Crippen molar-refractivity contribution >= 4 is 11.6 Å². The molecule has 1 amide bonds. The number of nitrogens with one attached hydrogen (secondary N) is 2. The first-order valence-corrected chi connectivity index (χ1v) is 8.46. The van der Waals surface area contributed by atoms with Gasteiger partial charge in [-0.05, 0) is 41.5 Å². The minimum absolute atomic E-state index is 0.0169. The number of aromatic nitrogens is 1. The van der Waals surface area contributed by atoms with Crippen LogP contribution >= 0.6 is 0 Å². The van der Waals surface area contributed by atoms with Crippen LogP contribution in [0.15, 0.2) is 73.1 Å². The third kappa shape index (κ3) is 5.08. The summed E-state index contributed by atoms with van der Waals surface area (Å²) in [6, 6.07) is 18.7. The SMILES string of the molecule is O=C(Cc1ccc(NCc2ccccc2O)cc1)NCc1ccncc1. The second-order valence-corrected chi connectivity index (χ2v) is 5.99. The number of hydrogen-bond acceptors (Lipinski definition) is 4. The summed E-state index contributed by atoms with van der Waals surface area (Å²) < 4.78 is 0. The van der Waals surface area contributed by atoms with Gasteiger partial charge < -0.3 is 15.7 Å². The van der Waals surface area contributed by atoms with Crippen molar-refractivity contribution in [3.05, 3.63) is 89.7 Å². The summed E-state index contributed by atoms with van der Waals surface area (Å²) in [5.74, 6) is 0.263. The average molecular weight is 347 g/mol. The van der Waals surface area contributed by atoms with E-state index in [4.69, 9.17) is 0 Å². The maximum absolute atomic E-state index is 12.0. The normalized spacial score (nSPS) is 10.3. The number of hydrogen-bond donors (Lipinski definition) is 3. The molecule has 0 saturated carbocycles. The lowest BCUT2D eigenvalue weighted by Gasteiger charge is -2.09. The molecular weight excluding hydrogens is 326 g/mol. The van der Waals surface area contributed by atoms with Gasteiger partial charge in [-0.3, -0.25) is 9.78 Å². The third-order valence-electron chi connectivity index (χ3n) is 4.03. The number of carbonyl (C=O) groups is 1. The molecule has 5 nitrogen and oxygen atoms in total. The summed E-state index contributed by atoms with van der Waals surface area (Å²) in [6.07, 6.45) is 3.76. The molecule has 0 aliphatic carbocycles. The minimum atomic E-state index is -0.0169. The largest absolute Gasteiger partial charge is 0.508 e. The fourth-order valence-electron chi connectivity index (χ4n) is 2.55. The second kappa shape index (κ2) is 8.67. The van der Waals surface area contributed by atoms with Gasteiger partial charge in [0.05, 0.1) is 6.42 Å². The van der Waals surface area contributed by atoms with Gasteiger partial charge in [-0.15, -0.1) is 0 Å². The molecule has 5 heteroatoms. The second-order valence-electron chi connectivity index (χ2n) is 5.99. The molecule has 0 saturated heterocycles. The van der Waals surface area contributed by atoms with Crippen LogP contribution in [0.5, 0.6) is 5.75 Å². The van der Waals surface area contributed by atoms with Crippen LogP contribution in [-0.2, 0) is 24.3 Å². The van der Waals surface area contributed by atoms with Gasteiger partial charge in [-0.1, -0.05) is 30.3 Å². The molecule has 0 bridgehead atoms. The van der Waals surface area contributed by atoms with Gasteiger partial charge in [0.1, 0.15) is 5.75 Å². The molecule has 0 aliphatic rings. The number of rotatable bonds is 7. The summed E-state index contributed by atoms with van der Waals surface area (Å²) >= 11 is 0. The van der Waals surface area contributed by atoms with Gasteiger partial charge in [0, 0.05) is 36.7 Å². The van der Waals surface area contributed by atoms with Crippen LogP contribution < -0.4 is 10.6 Å². The maximum atomic E-state index is 12.0. The highest BCUT2D eigenvalue weighted by molar-refractivity contribution is 5.78. The predicted molar refractivity (Wildman–Crippen MR) is 102 cm³/mol. The van der Waals surface area contributed by atoms with E-state index in [0.717, 1.165) is 22.4 Å². The monoisotopic (exact) mass is 347 g/mol. The van der Waals surface area contributed by atoms with Crippen molar-refractivity contribution in [2.45, 2.75) is 19.5 Å². The molecular formula is C21H21N3O2. The van der Waals surface area contributed by atoms with Crippen LogP contribution in [0.3, 0.4) is 0 Å². The van der Waals surface area contributed by atoms with E-state index in [1.807, 2.05) is 48.5 Å². The van der Waals surface area contributed by atoms with Gasteiger partial charge in [0.15, 0.2) is 0 Å². The molecule has 3 N–H and O–H groups in total. The molecule has 0 spiro atoms. The standard InChI is InChI=1S/C21H21N3O2/c25-20-4-2-1-3-18(20)15-23-19-7-5-16(6-8-19)13-21(26)24-14-17-9-11-22-12-10-17/h1-12,23,25H,13-15H2,(H,24,26). The number of para-hydroxylation sites is 1. The van der Waals surface area contributed by atoms with E-state index in [9.17, 15) is 9.90 Å². The molecule has 3 aromatic rings. The lowest BCUT2D eigenvalue weighted by molar-refractivity contribution is -0.120. The van der Waals surface area contributed by atoms with Crippen LogP contribution in [-0.4, -0.2) is 16.0 Å². The summed E-state index contributed by atoms with van der Waals surface area (Å²) in [5.41, 5.74) is 3.75. The molecule has 0 fully saturated rings. The van der Waals surface area contributed by atoms with Crippen molar-refractivity contribution in [2.75, 3.05) is 5.32 Å². The number of aromatic hydroxyl groups is 1. The molecule has 1 heterocycles. The Labute approximate surface area is 152 Å². The minimum Gasteiger partial charge on any atom is -0.508 e. The van der Waals surface area contributed by atoms with Crippen molar-refractivity contribution < 1.29 is 9.90 Å². The molecule has 1 aromatic heterocycles. The van der Waals surface area contributed by atoms with Crippen LogP contribution in [0, 0.1) is 0 Å². The fraction of sp³-hybridized carbons (Fsp3) is 0.143. The Bertz CT molecular complexity index is 849. The van der Waals surface area contributed by atoms with Crippen molar-refractivity contribution in [3.63, 3.8) is 0 Å². The molecule has 3 rings (SSSR count). The number of anilines is 1. The molecule has 26 heavy (non-hydrogen) atoms. The number of phenolic OH excluding ortho intramolecular Hbond substituents is 1. The van der Waals surface area contributed by atoms with Crippen molar-refractivity contribution in [2.24, 2.45) is 0 Å². The first-order chi connectivity index (χ1) is 12.7. The zero-order valence-corrected chi connectivity index (χ0v) is 14.4. The quantitative estimate of drug-likeness (QED) is 0.613. The van der Waals surface area contributed by atoms with Crippen molar-refractivity contribution in [1.82, 2.24) is 10.3 Å². The van der Waals surface area contributed by atoms with E-state index in [-0.39, 0.29) is 11.7 Å². The summed E-state index contributed by atoms with van der Waals surface area (Å²) in [5, 5.41) is 15.9. The maximum Gasteiger partial charge on any atom is 0.224 e. The highest BCUT2D eigenvalue weighted by Gasteiger charge is 2.04. The van der Waals surface area contributed by atoms with Crippen LogP contribution in [0.1, 0.15) is 16.7 Å². The Morgan fingerprint density at radius 3 is 2.35 bits per heavy atom. The lowest BCUT2D eigenvalue weighted by atomic mass is 10.1. The molecule has 0 atom stereocenters. The predicted octanol–water partition coefficient (Wildman–Crippen LogP) is 3.26. The van der Waals surface area contributed by atoms with E-state index < -0.39 is 0 Å². The highest BCUT2D eigenvalue weighted by Crippen LogP contribution is 2.18. The Hall–Kier alpha value is -3.34. The van der Waals surface area contributed by atoms with Crippen LogP contribution in [0.4, 0.5) is 5.69 Å². The fourth-order valence-corrected chi connectivity index (χ4v) is 2.55. The Morgan fingerprint density at radius 1 is 0.885 bits per heavy atom. The van der Waals surface area contributed by atoms with E-state index in [1.165, 1.54) is 0 Å². The number of pyridine rings is 1. The molecule has 2 aromatic carbocycles. The van der Waals surface area contributed by atoms with Gasteiger partial charge >= 0.3 is 0 Å². The van der Waals surface area contributed by atoms with Gasteiger partial charge in [-0.2, -0.15) is 0 Å². The number of nitrogens with zero attached hydrogens (tertiary/aromatic N) is 1. The average Bonchev–Trinajstić information content (AvgIpc) is 2.68. The first kappa shape index (κ1) is 17.5. The molecule has 0 aliphatic heterocycles. The number of amides is 1. The molecule has 132 valence electrons. The van der Waals surface area contributed by atoms with E-state index in [2.05, 4.69) is 15.6 Å². The third-order valence-corrected chi connectivity index (χ3v) is 4.03. The highest BCUT2D eigenvalue weighted by atomic mass is 16.3. The van der Waals surface area contributed by atoms with Gasteiger partial charge in [-0.25, -0.2) is 0 Å². The van der Waals surface area contributed by atoms with Gasteiger partial charge in [0.25, 0.3) is 0 Å². The summed E-state index contributed by atoms with van der Waals surface area (Å²) in [7, 11) is 0. The van der Waals surface area contributed by atoms with E-state index in [0.29, 0.717) is 19.5 Å². The Morgan fingerprint density at radius 2 is 1.62 bits per heavy atom. The van der Waals surface area contributed by atoms with Crippen molar-refractivity contribution in [3.8, 4) is 5.75 Å². The van der Waals surface area contributed by atoms with E-state index in [1.54, 1.807) is 24.5 Å². The number of carbonyl (C=O) groups excluding carboxylic acids is 1. The zero-order chi connectivity index (χ0) is 18.2. The van der Waals surface area contributed by atoms with Crippen molar-refractivity contribution in [1.29, 1.82) is 0 Å². The first-order valence-electron chi connectivity index (χ1n) is 8.46. The smallest absolute Gasteiger partial charge is 0.224 e. The zero-order valence-electron chi connectivity index (χ0n) is 14.4. The number of phenols is 1. The Kier molecular flexibility index (Phi) is 5.83. The number of benzene rings is 2. The molecule has 0 unspecified atom stereocenters. The summed E-state index contributed by atoms with van der Waals surface area (Å²) in [4.78, 5) is 16.0. The van der Waals surface area contributed by atoms with Crippen LogP contribution in [0.25, 0.3) is 0 Å². The van der Waals surface area contributed by atoms with Gasteiger partial charge in [0.2, 0.25) is 5.91 Å². The van der Waals surface area contributed by atoms with E-state index >= 15 is 0 Å². The molecule has 0 radical (unpaired) electrons. The summed E-state index contributed by atoms with van der Waals surface area (Å²) in [6.45, 7) is 1.04. The van der Waals surface area contributed by atoms with Crippen LogP contribution in [0.2, 0.25) is 0 Å². The Balaban J connectivity index is 1.48.